The largest absolute Gasteiger partial charge is 0.466 e. The number of hydrogen-bond acceptors (Lipinski definition) is 5. The van der Waals surface area contributed by atoms with Crippen molar-refractivity contribution in [3.63, 3.8) is 0 Å². The fraction of sp³-hybridized carbons (Fsp3) is 0.286. The molecule has 2 aromatic heterocycles. The molecule has 0 bridgehead atoms. The van der Waals surface area contributed by atoms with Crippen molar-refractivity contribution in [1.82, 2.24) is 9.55 Å². The number of hydrogen-bond donors (Lipinski definition) is 1. The second-order valence-corrected chi connectivity index (χ2v) is 4.88. The van der Waals surface area contributed by atoms with Gasteiger partial charge < -0.3 is 14.6 Å². The summed E-state index contributed by atoms with van der Waals surface area (Å²) in [6.07, 6.45) is 1.53. The quantitative estimate of drug-likeness (QED) is 0.516. The number of carbonyl (C=O) groups excluding carboxylic acids is 3. The highest BCUT2D eigenvalue weighted by molar-refractivity contribution is 6.31. The fourth-order valence-electron chi connectivity index (χ4n) is 2.02. The Labute approximate surface area is 131 Å². The van der Waals surface area contributed by atoms with Gasteiger partial charge in [-0.15, -0.1) is 0 Å². The van der Waals surface area contributed by atoms with Crippen molar-refractivity contribution in [3.8, 4) is 0 Å². The lowest BCUT2D eigenvalue weighted by atomic mass is 10.1. The van der Waals surface area contributed by atoms with Crippen LogP contribution in [0.1, 0.15) is 23.7 Å². The maximum absolute atomic E-state index is 11.8. The van der Waals surface area contributed by atoms with Gasteiger partial charge in [-0.1, -0.05) is 11.6 Å². The van der Waals surface area contributed by atoms with E-state index < -0.39 is 18.3 Å². The first kappa shape index (κ1) is 16.0. The van der Waals surface area contributed by atoms with E-state index in [2.05, 4.69) is 10.3 Å². The zero-order valence-electron chi connectivity index (χ0n) is 12.1. The molecule has 0 saturated carbocycles. The summed E-state index contributed by atoms with van der Waals surface area (Å²) in [4.78, 5) is 38.6. The number of rotatable bonds is 5. The molecule has 0 radical (unpaired) electrons. The number of pyridine rings is 1. The number of anilines is 1. The topological polar surface area (TPSA) is 90.3 Å². The molecule has 116 valence electrons. The van der Waals surface area contributed by atoms with E-state index in [1.807, 2.05) is 0 Å². The number of aromatic nitrogens is 2. The summed E-state index contributed by atoms with van der Waals surface area (Å²) >= 11 is 6.00. The standard InChI is InChI=1S/C14H14ClN3O4/c1-3-22-13(21)5-12(20)17-10-6-16-14-8(9(10)7-19)4-11(15)18(14)2/h4,6-7H,3,5H2,1-2H3,(H,17,20). The van der Waals surface area contributed by atoms with Crippen LogP contribution in [0.5, 0.6) is 0 Å². The summed E-state index contributed by atoms with van der Waals surface area (Å²) in [5.41, 5.74) is 0.999. The van der Waals surface area contributed by atoms with Crippen molar-refractivity contribution in [2.45, 2.75) is 13.3 Å². The summed E-state index contributed by atoms with van der Waals surface area (Å²) in [7, 11) is 1.71. The zero-order chi connectivity index (χ0) is 16.3. The molecule has 2 rings (SSSR count). The first-order valence-electron chi connectivity index (χ1n) is 6.52. The SMILES string of the molecule is CCOC(=O)CC(=O)Nc1cnc2c(cc(Cl)n2C)c1C=O. The molecule has 0 aliphatic carbocycles. The van der Waals surface area contributed by atoms with Gasteiger partial charge in [0.15, 0.2) is 6.29 Å². The van der Waals surface area contributed by atoms with Crippen LogP contribution in [-0.4, -0.2) is 34.3 Å². The van der Waals surface area contributed by atoms with Gasteiger partial charge in [0, 0.05) is 12.4 Å². The van der Waals surface area contributed by atoms with E-state index >= 15 is 0 Å². The number of nitrogens with one attached hydrogen (secondary N) is 1. The van der Waals surface area contributed by atoms with Crippen LogP contribution in [0.25, 0.3) is 11.0 Å². The second-order valence-electron chi connectivity index (χ2n) is 4.50. The van der Waals surface area contributed by atoms with Gasteiger partial charge in [-0.25, -0.2) is 4.98 Å². The molecular formula is C14H14ClN3O4. The maximum Gasteiger partial charge on any atom is 0.315 e. The van der Waals surface area contributed by atoms with Gasteiger partial charge in [-0.05, 0) is 13.0 Å². The highest BCUT2D eigenvalue weighted by Gasteiger charge is 2.16. The molecule has 22 heavy (non-hydrogen) atoms. The number of esters is 1. The number of nitrogens with zero attached hydrogens (tertiary/aromatic N) is 2. The van der Waals surface area contributed by atoms with Gasteiger partial charge in [0.05, 0.1) is 24.1 Å². The molecule has 0 aromatic carbocycles. The van der Waals surface area contributed by atoms with Crippen molar-refractivity contribution >= 4 is 46.5 Å². The van der Waals surface area contributed by atoms with E-state index in [1.165, 1.54) is 6.20 Å². The Hall–Kier alpha value is -2.41. The van der Waals surface area contributed by atoms with Gasteiger partial charge in [0.1, 0.15) is 17.2 Å². The molecular weight excluding hydrogens is 310 g/mol. The predicted molar refractivity (Wildman–Crippen MR) is 81.0 cm³/mol. The lowest BCUT2D eigenvalue weighted by Gasteiger charge is -2.08. The summed E-state index contributed by atoms with van der Waals surface area (Å²) in [6, 6.07) is 1.59. The Morgan fingerprint density at radius 1 is 1.50 bits per heavy atom. The minimum absolute atomic E-state index is 0.196. The average Bonchev–Trinajstić information content (AvgIpc) is 2.74. The summed E-state index contributed by atoms with van der Waals surface area (Å²) < 4.78 is 6.31. The summed E-state index contributed by atoms with van der Waals surface area (Å²) in [6.45, 7) is 1.85. The molecule has 0 unspecified atom stereocenters. The van der Waals surface area contributed by atoms with Crippen molar-refractivity contribution < 1.29 is 19.1 Å². The molecule has 0 saturated heterocycles. The smallest absolute Gasteiger partial charge is 0.315 e. The molecule has 2 heterocycles. The van der Waals surface area contributed by atoms with Crippen LogP contribution in [0.2, 0.25) is 5.15 Å². The highest BCUT2D eigenvalue weighted by Crippen LogP contribution is 2.27. The molecule has 7 nitrogen and oxygen atoms in total. The van der Waals surface area contributed by atoms with Crippen LogP contribution >= 0.6 is 11.6 Å². The molecule has 0 atom stereocenters. The van der Waals surface area contributed by atoms with Gasteiger partial charge in [-0.3, -0.25) is 14.4 Å². The number of halogens is 1. The third kappa shape index (κ3) is 3.09. The first-order valence-corrected chi connectivity index (χ1v) is 6.90. The highest BCUT2D eigenvalue weighted by atomic mass is 35.5. The molecule has 1 amide bonds. The van der Waals surface area contributed by atoms with Crippen LogP contribution in [0.15, 0.2) is 12.3 Å². The minimum Gasteiger partial charge on any atom is -0.466 e. The Morgan fingerprint density at radius 2 is 2.23 bits per heavy atom. The van der Waals surface area contributed by atoms with Gasteiger partial charge in [0.25, 0.3) is 0 Å². The van der Waals surface area contributed by atoms with Crippen molar-refractivity contribution in [1.29, 1.82) is 0 Å². The first-order chi connectivity index (χ1) is 10.5. The number of aldehydes is 1. The van der Waals surface area contributed by atoms with Crippen LogP contribution in [0.4, 0.5) is 5.69 Å². The molecule has 0 aliphatic heterocycles. The lowest BCUT2D eigenvalue weighted by molar-refractivity contribution is -0.145. The van der Waals surface area contributed by atoms with Gasteiger partial charge in [0.2, 0.25) is 5.91 Å². The third-order valence-electron chi connectivity index (χ3n) is 3.04. The molecule has 2 aromatic rings. The normalized spacial score (nSPS) is 10.5. The average molecular weight is 324 g/mol. The van der Waals surface area contributed by atoms with E-state index in [9.17, 15) is 14.4 Å². The van der Waals surface area contributed by atoms with Gasteiger partial charge in [-0.2, -0.15) is 0 Å². The fourth-order valence-corrected chi connectivity index (χ4v) is 2.21. The molecule has 8 heteroatoms. The molecule has 0 fully saturated rings. The number of fused-ring (bicyclic) bond motifs is 1. The Morgan fingerprint density at radius 3 is 2.86 bits per heavy atom. The molecule has 1 N–H and O–H groups in total. The van der Waals surface area contributed by atoms with E-state index in [4.69, 9.17) is 16.3 Å². The Bertz CT molecular complexity index is 754. The van der Waals surface area contributed by atoms with Crippen molar-refractivity contribution in [2.24, 2.45) is 7.05 Å². The number of carbonyl (C=O) groups is 3. The second kappa shape index (κ2) is 6.57. The number of aryl methyl sites for hydroxylation is 1. The van der Waals surface area contributed by atoms with Crippen LogP contribution in [0.3, 0.4) is 0 Å². The van der Waals surface area contributed by atoms with Crippen LogP contribution in [0, 0.1) is 0 Å². The van der Waals surface area contributed by atoms with E-state index in [-0.39, 0.29) is 17.9 Å². The summed E-state index contributed by atoms with van der Waals surface area (Å²) in [5.74, 6) is -1.21. The van der Waals surface area contributed by atoms with Crippen molar-refractivity contribution in [3.05, 3.63) is 23.0 Å². The van der Waals surface area contributed by atoms with Gasteiger partial charge >= 0.3 is 5.97 Å². The van der Waals surface area contributed by atoms with E-state index in [0.717, 1.165) is 0 Å². The Balaban J connectivity index is 2.30. The van der Waals surface area contributed by atoms with E-state index in [0.29, 0.717) is 22.5 Å². The maximum atomic E-state index is 11.8. The van der Waals surface area contributed by atoms with Crippen molar-refractivity contribution in [2.75, 3.05) is 11.9 Å². The van der Waals surface area contributed by atoms with Crippen LogP contribution in [-0.2, 0) is 21.4 Å². The molecule has 0 aliphatic rings. The number of ether oxygens (including phenoxy) is 1. The lowest BCUT2D eigenvalue weighted by Crippen LogP contribution is -2.19. The predicted octanol–water partition coefficient (Wildman–Crippen LogP) is 1.93. The molecule has 0 spiro atoms. The zero-order valence-corrected chi connectivity index (χ0v) is 12.8. The third-order valence-corrected chi connectivity index (χ3v) is 3.40. The summed E-state index contributed by atoms with van der Waals surface area (Å²) in [5, 5.41) is 3.43. The van der Waals surface area contributed by atoms with E-state index in [1.54, 1.807) is 24.6 Å². The Kier molecular flexibility index (Phi) is 4.77. The monoisotopic (exact) mass is 323 g/mol. The minimum atomic E-state index is -0.635. The number of amides is 1. The van der Waals surface area contributed by atoms with Crippen LogP contribution < -0.4 is 5.32 Å².